The Labute approximate surface area is 121 Å². The number of thiazole rings is 1. The highest BCUT2D eigenvalue weighted by Gasteiger charge is 2.26. The largest absolute Gasteiger partial charge is 0.375 e. The van der Waals surface area contributed by atoms with Crippen LogP contribution in [-0.2, 0) is 0 Å². The van der Waals surface area contributed by atoms with Gasteiger partial charge in [-0.2, -0.15) is 4.39 Å². The highest BCUT2D eigenvalue weighted by Crippen LogP contribution is 2.31. The van der Waals surface area contributed by atoms with Gasteiger partial charge >= 0.3 is 0 Å². The van der Waals surface area contributed by atoms with Crippen LogP contribution in [0, 0.1) is 11.9 Å². The van der Waals surface area contributed by atoms with E-state index < -0.39 is 5.95 Å². The van der Waals surface area contributed by atoms with Crippen LogP contribution < -0.4 is 10.6 Å². The van der Waals surface area contributed by atoms with E-state index >= 15 is 0 Å². The molecule has 1 fully saturated rings. The predicted molar refractivity (Wildman–Crippen MR) is 78.3 cm³/mol. The summed E-state index contributed by atoms with van der Waals surface area (Å²) in [5.41, 5.74) is 3.75. The van der Waals surface area contributed by atoms with Crippen molar-refractivity contribution in [1.29, 1.82) is 0 Å². The molecular formula is C14H17FN4S. The summed E-state index contributed by atoms with van der Waals surface area (Å²) in [6, 6.07) is 3.27. The van der Waals surface area contributed by atoms with E-state index in [0.29, 0.717) is 5.92 Å². The molecule has 106 valence electrons. The fourth-order valence-electron chi connectivity index (χ4n) is 2.63. The van der Waals surface area contributed by atoms with Gasteiger partial charge in [0.25, 0.3) is 0 Å². The minimum absolute atomic E-state index is 0.163. The van der Waals surface area contributed by atoms with E-state index in [1.165, 1.54) is 12.3 Å². The maximum absolute atomic E-state index is 12.9. The number of pyridine rings is 1. The lowest BCUT2D eigenvalue weighted by Gasteiger charge is -2.31. The van der Waals surface area contributed by atoms with Crippen LogP contribution in [0.5, 0.6) is 0 Å². The fourth-order valence-corrected chi connectivity index (χ4v) is 3.22. The molecule has 0 aromatic carbocycles. The van der Waals surface area contributed by atoms with Crippen molar-refractivity contribution in [3.63, 3.8) is 0 Å². The second-order valence-corrected chi connectivity index (χ2v) is 5.71. The molecular weight excluding hydrogens is 275 g/mol. The van der Waals surface area contributed by atoms with Crippen molar-refractivity contribution in [3.05, 3.63) is 40.9 Å². The predicted octanol–water partition coefficient (Wildman–Crippen LogP) is 2.83. The minimum atomic E-state index is -0.456. The molecule has 1 saturated heterocycles. The van der Waals surface area contributed by atoms with Gasteiger partial charge in [0.2, 0.25) is 5.95 Å². The monoisotopic (exact) mass is 292 g/mol. The van der Waals surface area contributed by atoms with Crippen LogP contribution in [-0.4, -0.2) is 23.1 Å². The maximum Gasteiger partial charge on any atom is 0.212 e. The zero-order chi connectivity index (χ0) is 13.8. The molecule has 0 radical (unpaired) electrons. The molecule has 0 amide bonds. The van der Waals surface area contributed by atoms with Crippen LogP contribution in [0.2, 0.25) is 0 Å². The lowest BCUT2D eigenvalue weighted by atomic mass is 9.88. The van der Waals surface area contributed by atoms with Crippen molar-refractivity contribution in [2.75, 3.05) is 18.4 Å². The number of halogens is 1. The number of aromatic nitrogens is 2. The van der Waals surface area contributed by atoms with E-state index in [1.807, 2.05) is 5.51 Å². The van der Waals surface area contributed by atoms with Crippen LogP contribution in [0.4, 0.5) is 10.1 Å². The zero-order valence-electron chi connectivity index (χ0n) is 11.1. The van der Waals surface area contributed by atoms with Crippen LogP contribution in [0.25, 0.3) is 0 Å². The molecule has 2 N–H and O–H groups in total. The van der Waals surface area contributed by atoms with Gasteiger partial charge in [-0.1, -0.05) is 0 Å². The van der Waals surface area contributed by atoms with Gasteiger partial charge in [0.15, 0.2) is 0 Å². The van der Waals surface area contributed by atoms with Crippen molar-refractivity contribution < 1.29 is 4.39 Å². The lowest BCUT2D eigenvalue weighted by molar-refractivity contribution is 0.332. The molecule has 3 rings (SSSR count). The third kappa shape index (κ3) is 3.13. The zero-order valence-corrected chi connectivity index (χ0v) is 11.9. The number of anilines is 1. The summed E-state index contributed by atoms with van der Waals surface area (Å²) in [6.45, 7) is 2.07. The maximum atomic E-state index is 12.9. The van der Waals surface area contributed by atoms with Gasteiger partial charge in [-0.05, 0) is 44.0 Å². The molecule has 1 atom stereocenters. The molecule has 6 heteroatoms. The molecule has 20 heavy (non-hydrogen) atoms. The van der Waals surface area contributed by atoms with E-state index in [0.717, 1.165) is 37.3 Å². The number of piperidine rings is 1. The topological polar surface area (TPSA) is 49.8 Å². The Bertz CT molecular complexity index is 523. The van der Waals surface area contributed by atoms with Crippen LogP contribution in [0.3, 0.4) is 0 Å². The number of nitrogens with zero attached hydrogens (tertiary/aromatic N) is 2. The highest BCUT2D eigenvalue weighted by molar-refractivity contribution is 7.07. The first-order valence-corrected chi connectivity index (χ1v) is 7.74. The van der Waals surface area contributed by atoms with Crippen molar-refractivity contribution in [3.8, 4) is 0 Å². The van der Waals surface area contributed by atoms with E-state index in [1.54, 1.807) is 17.4 Å². The molecule has 2 aromatic heterocycles. The second kappa shape index (κ2) is 6.28. The Balaban J connectivity index is 1.79. The van der Waals surface area contributed by atoms with Crippen LogP contribution in [0.1, 0.15) is 24.6 Å². The summed E-state index contributed by atoms with van der Waals surface area (Å²) in [6.07, 6.45) is 3.77. The van der Waals surface area contributed by atoms with Gasteiger partial charge in [0.05, 0.1) is 29.1 Å². The van der Waals surface area contributed by atoms with Gasteiger partial charge in [0.1, 0.15) is 0 Å². The molecule has 1 aliphatic heterocycles. The second-order valence-electron chi connectivity index (χ2n) is 4.99. The fraction of sp³-hybridized carbons (Fsp3) is 0.429. The summed E-state index contributed by atoms with van der Waals surface area (Å²) in [4.78, 5) is 8.15. The Kier molecular flexibility index (Phi) is 4.22. The summed E-state index contributed by atoms with van der Waals surface area (Å²) < 4.78 is 12.9. The van der Waals surface area contributed by atoms with Gasteiger partial charge in [-0.25, -0.2) is 9.97 Å². The average Bonchev–Trinajstić information content (AvgIpc) is 3.01. The van der Waals surface area contributed by atoms with Crippen molar-refractivity contribution in [2.45, 2.75) is 18.9 Å². The van der Waals surface area contributed by atoms with E-state index in [2.05, 4.69) is 26.0 Å². The standard InChI is InChI=1S/C14H17FN4S/c15-13-2-1-11(7-17-13)19-14(12-8-20-9-18-12)10-3-5-16-6-4-10/h1-2,7-10,14,16,19H,3-6H2. The summed E-state index contributed by atoms with van der Waals surface area (Å²) in [5.74, 6) is 0.0750. The van der Waals surface area contributed by atoms with Gasteiger partial charge in [-0.3, -0.25) is 0 Å². The number of nitrogens with one attached hydrogen (secondary N) is 2. The summed E-state index contributed by atoms with van der Waals surface area (Å²) in [5, 5.41) is 8.92. The van der Waals surface area contributed by atoms with Crippen molar-refractivity contribution in [2.24, 2.45) is 5.92 Å². The number of hydrogen-bond acceptors (Lipinski definition) is 5. The SMILES string of the molecule is Fc1ccc(NC(c2cscn2)C2CCNCC2)cn1. The Morgan fingerprint density at radius 2 is 2.15 bits per heavy atom. The van der Waals surface area contributed by atoms with Crippen molar-refractivity contribution >= 4 is 17.0 Å². The number of hydrogen-bond donors (Lipinski definition) is 2. The van der Waals surface area contributed by atoms with Crippen LogP contribution in [0.15, 0.2) is 29.2 Å². The minimum Gasteiger partial charge on any atom is -0.375 e. The van der Waals surface area contributed by atoms with Gasteiger partial charge < -0.3 is 10.6 Å². The normalized spacial score (nSPS) is 17.9. The molecule has 0 spiro atoms. The molecule has 0 aliphatic carbocycles. The molecule has 0 bridgehead atoms. The molecule has 0 saturated carbocycles. The van der Waals surface area contributed by atoms with E-state index in [-0.39, 0.29) is 6.04 Å². The first-order valence-electron chi connectivity index (χ1n) is 6.80. The lowest BCUT2D eigenvalue weighted by Crippen LogP contribution is -2.33. The Morgan fingerprint density at radius 3 is 2.80 bits per heavy atom. The van der Waals surface area contributed by atoms with Gasteiger partial charge in [-0.15, -0.1) is 11.3 Å². The third-order valence-electron chi connectivity index (χ3n) is 3.67. The van der Waals surface area contributed by atoms with Crippen LogP contribution >= 0.6 is 11.3 Å². The first-order chi connectivity index (χ1) is 9.83. The molecule has 1 unspecified atom stereocenters. The number of rotatable bonds is 4. The molecule has 3 heterocycles. The first kappa shape index (κ1) is 13.5. The van der Waals surface area contributed by atoms with Crippen molar-refractivity contribution in [1.82, 2.24) is 15.3 Å². The summed E-state index contributed by atoms with van der Waals surface area (Å²) in [7, 11) is 0. The van der Waals surface area contributed by atoms with E-state index in [4.69, 9.17) is 0 Å². The molecule has 2 aromatic rings. The molecule has 4 nitrogen and oxygen atoms in total. The average molecular weight is 292 g/mol. The Hall–Kier alpha value is -1.53. The highest BCUT2D eigenvalue weighted by atomic mass is 32.1. The third-order valence-corrected chi connectivity index (χ3v) is 4.28. The van der Waals surface area contributed by atoms with E-state index in [9.17, 15) is 4.39 Å². The summed E-state index contributed by atoms with van der Waals surface area (Å²) >= 11 is 1.60. The van der Waals surface area contributed by atoms with Gasteiger partial charge in [0, 0.05) is 5.38 Å². The molecule has 1 aliphatic rings. The smallest absolute Gasteiger partial charge is 0.212 e. The quantitative estimate of drug-likeness (QED) is 0.851. The Morgan fingerprint density at radius 1 is 1.30 bits per heavy atom.